The number of guanidine groups is 2. The van der Waals surface area contributed by atoms with Gasteiger partial charge in [0, 0.05) is 0 Å². The van der Waals surface area contributed by atoms with Crippen molar-refractivity contribution < 1.29 is 8.42 Å². The predicted molar refractivity (Wildman–Crippen MR) is 79.1 cm³/mol. The molecule has 0 amide bonds. The first-order chi connectivity index (χ1) is 9.37. The molecule has 0 heterocycles. The largest absolute Gasteiger partial charge is 0.370 e. The number of anilines is 1. The van der Waals surface area contributed by atoms with Crippen molar-refractivity contribution in [2.24, 2.45) is 27.2 Å². The average molecular weight is 296 g/mol. The summed E-state index contributed by atoms with van der Waals surface area (Å²) >= 11 is 0. The van der Waals surface area contributed by atoms with E-state index in [1.165, 1.54) is 0 Å². The van der Waals surface area contributed by atoms with Crippen molar-refractivity contribution in [2.45, 2.75) is 18.1 Å². The lowest BCUT2D eigenvalue weighted by atomic mass is 10.3. The summed E-state index contributed by atoms with van der Waals surface area (Å²) in [7, 11) is -3.30. The van der Waals surface area contributed by atoms with Crippen LogP contribution in [0.3, 0.4) is 0 Å². The molecule has 7 N–H and O–H groups in total. The molecule has 0 unspecified atom stereocenters. The standard InChI is InChI=1S/C11H16N6O2S/c12-10(13)16-11(14)15-7-2-1-3-8(6-7)17-20(18,19)9-4-5-9/h1-3,6,9,17H,4-5H2,(H6,12,13,14,15,16). The highest BCUT2D eigenvalue weighted by molar-refractivity contribution is 7.93. The Labute approximate surface area is 116 Å². The second-order valence-corrected chi connectivity index (χ2v) is 6.36. The number of benzene rings is 1. The van der Waals surface area contributed by atoms with E-state index in [1.807, 2.05) is 0 Å². The Morgan fingerprint density at radius 2 is 1.95 bits per heavy atom. The quantitative estimate of drug-likeness (QED) is 0.448. The maximum Gasteiger partial charge on any atom is 0.235 e. The first-order valence-corrected chi connectivity index (χ1v) is 7.47. The number of nitrogens with two attached hydrogens (primary N) is 3. The van der Waals surface area contributed by atoms with Crippen LogP contribution in [0.1, 0.15) is 12.8 Å². The Morgan fingerprint density at radius 3 is 2.55 bits per heavy atom. The Hall–Kier alpha value is -2.29. The highest BCUT2D eigenvalue weighted by Crippen LogP contribution is 2.30. The van der Waals surface area contributed by atoms with Crippen molar-refractivity contribution in [1.82, 2.24) is 0 Å². The van der Waals surface area contributed by atoms with Gasteiger partial charge in [0.2, 0.25) is 16.0 Å². The summed E-state index contributed by atoms with van der Waals surface area (Å²) in [4.78, 5) is 7.54. The Morgan fingerprint density at radius 1 is 1.25 bits per heavy atom. The number of rotatable bonds is 4. The van der Waals surface area contributed by atoms with Gasteiger partial charge in [0.15, 0.2) is 5.96 Å². The summed E-state index contributed by atoms with van der Waals surface area (Å²) in [6.45, 7) is 0. The fourth-order valence-electron chi connectivity index (χ4n) is 1.55. The molecule has 20 heavy (non-hydrogen) atoms. The van der Waals surface area contributed by atoms with Gasteiger partial charge in [0.25, 0.3) is 0 Å². The summed E-state index contributed by atoms with van der Waals surface area (Å²) in [5.74, 6) is -0.302. The van der Waals surface area contributed by atoms with Gasteiger partial charge in [-0.25, -0.2) is 13.4 Å². The van der Waals surface area contributed by atoms with E-state index in [-0.39, 0.29) is 17.2 Å². The number of hydrogen-bond acceptors (Lipinski definition) is 3. The lowest BCUT2D eigenvalue weighted by molar-refractivity contribution is 0.600. The van der Waals surface area contributed by atoms with Crippen LogP contribution in [0.15, 0.2) is 34.3 Å². The van der Waals surface area contributed by atoms with E-state index in [0.29, 0.717) is 24.2 Å². The number of aliphatic imine (C=N–C) groups is 2. The molecule has 1 saturated carbocycles. The zero-order valence-electron chi connectivity index (χ0n) is 10.7. The van der Waals surface area contributed by atoms with Gasteiger partial charge >= 0.3 is 0 Å². The lowest BCUT2D eigenvalue weighted by Gasteiger charge is -2.07. The molecular weight excluding hydrogens is 280 g/mol. The molecule has 0 aromatic heterocycles. The zero-order chi connectivity index (χ0) is 14.8. The minimum Gasteiger partial charge on any atom is -0.370 e. The predicted octanol–water partition coefficient (Wildman–Crippen LogP) is -0.190. The highest BCUT2D eigenvalue weighted by atomic mass is 32.2. The van der Waals surface area contributed by atoms with E-state index in [0.717, 1.165) is 0 Å². The molecule has 0 aliphatic heterocycles. The van der Waals surface area contributed by atoms with Crippen LogP contribution in [0.5, 0.6) is 0 Å². The lowest BCUT2D eigenvalue weighted by Crippen LogP contribution is -2.26. The molecule has 0 bridgehead atoms. The van der Waals surface area contributed by atoms with E-state index < -0.39 is 10.0 Å². The van der Waals surface area contributed by atoms with Crippen LogP contribution in [0, 0.1) is 0 Å². The molecule has 0 spiro atoms. The van der Waals surface area contributed by atoms with Crippen molar-refractivity contribution in [2.75, 3.05) is 4.72 Å². The minimum atomic E-state index is -3.30. The summed E-state index contributed by atoms with van der Waals surface area (Å²) in [6, 6.07) is 6.50. The van der Waals surface area contributed by atoms with E-state index in [9.17, 15) is 8.42 Å². The molecule has 0 atom stereocenters. The van der Waals surface area contributed by atoms with Crippen molar-refractivity contribution in [1.29, 1.82) is 0 Å². The number of sulfonamides is 1. The van der Waals surface area contributed by atoms with Gasteiger partial charge in [0.05, 0.1) is 16.6 Å². The van der Waals surface area contributed by atoms with Gasteiger partial charge in [0.1, 0.15) is 0 Å². The van der Waals surface area contributed by atoms with E-state index in [4.69, 9.17) is 17.2 Å². The SMILES string of the molecule is NC(N)=NC(N)=Nc1cccc(NS(=O)(=O)C2CC2)c1. The van der Waals surface area contributed by atoms with E-state index >= 15 is 0 Å². The van der Waals surface area contributed by atoms with Crippen molar-refractivity contribution >= 4 is 33.3 Å². The minimum absolute atomic E-state index is 0.104. The Kier molecular flexibility index (Phi) is 3.79. The molecule has 1 aliphatic rings. The van der Waals surface area contributed by atoms with Crippen LogP contribution in [-0.2, 0) is 10.0 Å². The van der Waals surface area contributed by atoms with Crippen LogP contribution < -0.4 is 21.9 Å². The second-order valence-electron chi connectivity index (χ2n) is 4.40. The fraction of sp³-hybridized carbons (Fsp3) is 0.273. The van der Waals surface area contributed by atoms with Crippen LogP contribution in [-0.4, -0.2) is 25.6 Å². The molecule has 1 aliphatic carbocycles. The van der Waals surface area contributed by atoms with E-state index in [1.54, 1.807) is 24.3 Å². The Balaban J connectivity index is 2.18. The number of hydrogen-bond donors (Lipinski definition) is 4. The average Bonchev–Trinajstić information content (AvgIpc) is 3.10. The van der Waals surface area contributed by atoms with Gasteiger partial charge < -0.3 is 17.2 Å². The summed E-state index contributed by atoms with van der Waals surface area (Å²) in [5.41, 5.74) is 16.7. The third-order valence-electron chi connectivity index (χ3n) is 2.56. The van der Waals surface area contributed by atoms with Crippen LogP contribution in [0.2, 0.25) is 0 Å². The molecule has 8 nitrogen and oxygen atoms in total. The van der Waals surface area contributed by atoms with Crippen LogP contribution in [0.4, 0.5) is 11.4 Å². The molecule has 9 heteroatoms. The molecule has 0 radical (unpaired) electrons. The van der Waals surface area contributed by atoms with Gasteiger partial charge in [-0.2, -0.15) is 4.99 Å². The molecule has 2 rings (SSSR count). The maximum atomic E-state index is 11.8. The van der Waals surface area contributed by atoms with Crippen LogP contribution >= 0.6 is 0 Å². The maximum absolute atomic E-state index is 11.8. The van der Waals surface area contributed by atoms with Crippen molar-refractivity contribution in [3.63, 3.8) is 0 Å². The zero-order valence-corrected chi connectivity index (χ0v) is 11.5. The normalized spacial score (nSPS) is 15.7. The van der Waals surface area contributed by atoms with E-state index in [2.05, 4.69) is 14.7 Å². The van der Waals surface area contributed by atoms with Gasteiger partial charge in [-0.05, 0) is 31.0 Å². The van der Waals surface area contributed by atoms with Gasteiger partial charge in [-0.15, -0.1) is 0 Å². The molecule has 0 saturated heterocycles. The van der Waals surface area contributed by atoms with Crippen molar-refractivity contribution in [3.05, 3.63) is 24.3 Å². The van der Waals surface area contributed by atoms with Crippen molar-refractivity contribution in [3.8, 4) is 0 Å². The molecule has 1 aromatic carbocycles. The smallest absolute Gasteiger partial charge is 0.235 e. The second kappa shape index (κ2) is 5.37. The molecule has 1 aromatic rings. The third-order valence-corrected chi connectivity index (χ3v) is 4.43. The number of nitrogens with zero attached hydrogens (tertiary/aromatic N) is 2. The van der Waals surface area contributed by atoms with Gasteiger partial charge in [-0.1, -0.05) is 6.07 Å². The molecule has 1 fully saturated rings. The van der Waals surface area contributed by atoms with Gasteiger partial charge in [-0.3, -0.25) is 4.72 Å². The first-order valence-electron chi connectivity index (χ1n) is 5.92. The molecular formula is C11H16N6O2S. The summed E-state index contributed by atoms with van der Waals surface area (Å²) in [6.07, 6.45) is 1.40. The number of nitrogens with one attached hydrogen (secondary N) is 1. The highest BCUT2D eigenvalue weighted by Gasteiger charge is 2.35. The summed E-state index contributed by atoms with van der Waals surface area (Å²) < 4.78 is 26.1. The molecule has 108 valence electrons. The van der Waals surface area contributed by atoms with Crippen LogP contribution in [0.25, 0.3) is 0 Å². The topological polar surface area (TPSA) is 149 Å². The fourth-order valence-corrected chi connectivity index (χ4v) is 2.93. The Bertz CT molecular complexity index is 659. The first kappa shape index (κ1) is 14.1. The third kappa shape index (κ3) is 3.85. The summed E-state index contributed by atoms with van der Waals surface area (Å²) in [5, 5.41) is -0.290. The monoisotopic (exact) mass is 296 g/mol.